The minimum Gasteiger partial charge on any atom is -0.481 e. The molecule has 0 saturated heterocycles. The lowest BCUT2D eigenvalue weighted by atomic mass is 9.91. The van der Waals surface area contributed by atoms with Crippen molar-refractivity contribution in [3.05, 3.63) is 35.5 Å². The van der Waals surface area contributed by atoms with Crippen LogP contribution in [0.2, 0.25) is 0 Å². The van der Waals surface area contributed by atoms with E-state index in [1.165, 1.54) is 31.3 Å². The topological polar surface area (TPSA) is 60.2 Å². The van der Waals surface area contributed by atoms with E-state index >= 15 is 0 Å². The molecule has 4 nitrogen and oxygen atoms in total. The Balaban J connectivity index is 2.27. The van der Waals surface area contributed by atoms with Gasteiger partial charge in [-0.1, -0.05) is 30.6 Å². The van der Waals surface area contributed by atoms with Gasteiger partial charge >= 0.3 is 0 Å². The van der Waals surface area contributed by atoms with Gasteiger partial charge in [-0.15, -0.1) is 0 Å². The summed E-state index contributed by atoms with van der Waals surface area (Å²) >= 11 is 0. The fourth-order valence-electron chi connectivity index (χ4n) is 2.67. The van der Waals surface area contributed by atoms with E-state index in [2.05, 4.69) is 16.5 Å². The first-order valence-electron chi connectivity index (χ1n) is 7.00. The normalized spacial score (nSPS) is 20.8. The molecule has 0 amide bonds. The highest BCUT2D eigenvalue weighted by Crippen LogP contribution is 2.32. The van der Waals surface area contributed by atoms with Crippen molar-refractivity contribution < 1.29 is 4.74 Å². The largest absolute Gasteiger partial charge is 0.481 e. The first kappa shape index (κ1) is 14.0. The maximum atomic E-state index is 5.78. The molecule has 0 aromatic carbocycles. The molecule has 1 atom stereocenters. The fourth-order valence-corrected chi connectivity index (χ4v) is 2.67. The molecule has 104 valence electrons. The van der Waals surface area contributed by atoms with Gasteiger partial charge in [0.05, 0.1) is 13.2 Å². The Labute approximate surface area is 115 Å². The van der Waals surface area contributed by atoms with Gasteiger partial charge in [0.2, 0.25) is 5.88 Å². The molecule has 1 aromatic heterocycles. The second kappa shape index (κ2) is 7.26. The lowest BCUT2D eigenvalue weighted by Crippen LogP contribution is -2.30. The van der Waals surface area contributed by atoms with Crippen LogP contribution in [-0.4, -0.2) is 12.1 Å². The van der Waals surface area contributed by atoms with Gasteiger partial charge in [0.15, 0.2) is 0 Å². The highest BCUT2D eigenvalue weighted by atomic mass is 16.5. The van der Waals surface area contributed by atoms with Crippen LogP contribution in [-0.2, 0) is 0 Å². The zero-order chi connectivity index (χ0) is 13.5. The molecule has 0 fully saturated rings. The monoisotopic (exact) mass is 261 g/mol. The van der Waals surface area contributed by atoms with Crippen molar-refractivity contribution in [2.75, 3.05) is 7.11 Å². The third kappa shape index (κ3) is 3.55. The van der Waals surface area contributed by atoms with E-state index in [9.17, 15) is 0 Å². The molecular weight excluding hydrogens is 238 g/mol. The third-order valence-electron chi connectivity index (χ3n) is 3.67. The zero-order valence-electron chi connectivity index (χ0n) is 11.6. The van der Waals surface area contributed by atoms with Crippen LogP contribution in [0, 0.1) is 0 Å². The van der Waals surface area contributed by atoms with E-state index in [1.54, 1.807) is 13.3 Å². The molecule has 4 heteroatoms. The molecule has 1 aliphatic carbocycles. The van der Waals surface area contributed by atoms with Gasteiger partial charge in [0, 0.05) is 11.8 Å². The average Bonchev–Trinajstić information content (AvgIpc) is 2.42. The summed E-state index contributed by atoms with van der Waals surface area (Å²) in [5.74, 6) is 6.42. The lowest BCUT2D eigenvalue weighted by Gasteiger charge is -2.23. The maximum absolute atomic E-state index is 5.78. The smallest absolute Gasteiger partial charge is 0.218 e. The molecule has 1 aromatic rings. The Morgan fingerprint density at radius 3 is 2.95 bits per heavy atom. The Morgan fingerprint density at radius 2 is 2.16 bits per heavy atom. The number of nitrogens with zero attached hydrogens (tertiary/aromatic N) is 1. The first-order chi connectivity index (χ1) is 9.36. The summed E-state index contributed by atoms with van der Waals surface area (Å²) < 4.78 is 5.34. The number of pyridine rings is 1. The molecule has 0 radical (unpaired) electrons. The van der Waals surface area contributed by atoms with Crippen LogP contribution in [0.3, 0.4) is 0 Å². The second-order valence-electron chi connectivity index (χ2n) is 4.93. The molecule has 1 aliphatic rings. The highest BCUT2D eigenvalue weighted by Gasteiger charge is 2.20. The summed E-state index contributed by atoms with van der Waals surface area (Å²) in [4.78, 5) is 4.26. The molecule has 3 N–H and O–H groups in total. The van der Waals surface area contributed by atoms with Crippen LogP contribution in [0.25, 0.3) is 0 Å². The number of hydrazine groups is 1. The van der Waals surface area contributed by atoms with Gasteiger partial charge in [-0.3, -0.25) is 5.84 Å². The predicted molar refractivity (Wildman–Crippen MR) is 76.6 cm³/mol. The van der Waals surface area contributed by atoms with E-state index in [-0.39, 0.29) is 6.04 Å². The summed E-state index contributed by atoms with van der Waals surface area (Å²) in [6.07, 6.45) is 11.4. The second-order valence-corrected chi connectivity index (χ2v) is 4.93. The van der Waals surface area contributed by atoms with E-state index in [1.807, 2.05) is 12.1 Å². The zero-order valence-corrected chi connectivity index (χ0v) is 11.6. The lowest BCUT2D eigenvalue weighted by molar-refractivity contribution is 0.385. The van der Waals surface area contributed by atoms with Crippen molar-refractivity contribution >= 4 is 0 Å². The molecule has 2 rings (SSSR count). The van der Waals surface area contributed by atoms with E-state index in [4.69, 9.17) is 10.6 Å². The highest BCUT2D eigenvalue weighted by molar-refractivity contribution is 5.35. The minimum atomic E-state index is 0.00162. The van der Waals surface area contributed by atoms with E-state index in [0.29, 0.717) is 5.88 Å². The Bertz CT molecular complexity index is 431. The molecule has 1 heterocycles. The number of aromatic nitrogens is 1. The van der Waals surface area contributed by atoms with Crippen LogP contribution >= 0.6 is 0 Å². The number of hydrogen-bond acceptors (Lipinski definition) is 4. The molecule has 0 bridgehead atoms. The molecule has 0 spiro atoms. The van der Waals surface area contributed by atoms with Gasteiger partial charge in [0.1, 0.15) is 0 Å². The van der Waals surface area contributed by atoms with Crippen molar-refractivity contribution in [2.24, 2.45) is 5.84 Å². The van der Waals surface area contributed by atoms with Gasteiger partial charge in [0.25, 0.3) is 0 Å². The average molecular weight is 261 g/mol. The number of nitrogens with two attached hydrogens (primary N) is 1. The minimum absolute atomic E-state index is 0.00162. The molecule has 0 saturated carbocycles. The van der Waals surface area contributed by atoms with Gasteiger partial charge in [-0.2, -0.15) is 0 Å². The van der Waals surface area contributed by atoms with Gasteiger partial charge in [-0.05, 0) is 31.7 Å². The van der Waals surface area contributed by atoms with Gasteiger partial charge < -0.3 is 4.74 Å². The standard InChI is InChI=1S/C15H23N3O/c1-19-15-13(10-7-11-17-15)14(18-16)12-8-5-3-2-4-6-9-12/h7-8,10-11,14,18H,2-6,9,16H2,1H3/b12-8+. The molecule has 19 heavy (non-hydrogen) atoms. The Hall–Kier alpha value is -1.39. The number of allylic oxidation sites excluding steroid dienone is 1. The quantitative estimate of drug-likeness (QED) is 0.497. The first-order valence-corrected chi connectivity index (χ1v) is 7.00. The Kier molecular flexibility index (Phi) is 5.36. The number of nitrogens with one attached hydrogen (secondary N) is 1. The van der Waals surface area contributed by atoms with Crippen LogP contribution in [0.4, 0.5) is 0 Å². The molecule has 1 unspecified atom stereocenters. The maximum Gasteiger partial charge on any atom is 0.218 e. The summed E-state index contributed by atoms with van der Waals surface area (Å²) in [6.45, 7) is 0. The van der Waals surface area contributed by atoms with Crippen molar-refractivity contribution in [2.45, 2.75) is 44.6 Å². The SMILES string of the molecule is COc1ncccc1C(NN)/C1=C/CCCCCC1. The summed E-state index contributed by atoms with van der Waals surface area (Å²) in [5, 5.41) is 0. The van der Waals surface area contributed by atoms with Crippen LogP contribution < -0.4 is 16.0 Å². The van der Waals surface area contributed by atoms with Crippen LogP contribution in [0.5, 0.6) is 5.88 Å². The third-order valence-corrected chi connectivity index (χ3v) is 3.67. The summed E-state index contributed by atoms with van der Waals surface area (Å²) in [7, 11) is 1.64. The van der Waals surface area contributed by atoms with Crippen LogP contribution in [0.15, 0.2) is 30.0 Å². The number of rotatable bonds is 4. The summed E-state index contributed by atoms with van der Waals surface area (Å²) in [5.41, 5.74) is 5.29. The van der Waals surface area contributed by atoms with Crippen LogP contribution in [0.1, 0.15) is 50.1 Å². The number of ether oxygens (including phenoxy) is 1. The number of methoxy groups -OCH3 is 1. The predicted octanol–water partition coefficient (Wildman–Crippen LogP) is 2.88. The fraction of sp³-hybridized carbons (Fsp3) is 0.533. The van der Waals surface area contributed by atoms with E-state index < -0.39 is 0 Å². The molecule has 0 aliphatic heterocycles. The molecular formula is C15H23N3O. The summed E-state index contributed by atoms with van der Waals surface area (Å²) in [6, 6.07) is 3.95. The number of hydrogen-bond donors (Lipinski definition) is 2. The Morgan fingerprint density at radius 1 is 1.32 bits per heavy atom. The van der Waals surface area contributed by atoms with Crippen molar-refractivity contribution in [1.82, 2.24) is 10.4 Å². The van der Waals surface area contributed by atoms with E-state index in [0.717, 1.165) is 18.4 Å². The van der Waals surface area contributed by atoms with Gasteiger partial charge in [-0.25, -0.2) is 10.4 Å². The van der Waals surface area contributed by atoms with Crippen molar-refractivity contribution in [1.29, 1.82) is 0 Å². The van der Waals surface area contributed by atoms with Crippen molar-refractivity contribution in [3.63, 3.8) is 0 Å². The van der Waals surface area contributed by atoms with Crippen molar-refractivity contribution in [3.8, 4) is 5.88 Å².